The Bertz CT molecular complexity index is 893. The first-order chi connectivity index (χ1) is 13.5. The molecule has 0 bridgehead atoms. The topological polar surface area (TPSA) is 64.4 Å². The van der Waals surface area contributed by atoms with E-state index in [9.17, 15) is 4.79 Å². The van der Waals surface area contributed by atoms with Crippen molar-refractivity contribution in [2.75, 3.05) is 5.32 Å². The third kappa shape index (κ3) is 5.22. The summed E-state index contributed by atoms with van der Waals surface area (Å²) in [6, 6.07) is 15.6. The number of nitrogens with zero attached hydrogens (tertiary/aromatic N) is 1. The van der Waals surface area contributed by atoms with Gasteiger partial charge >= 0.3 is 0 Å². The van der Waals surface area contributed by atoms with Crippen LogP contribution in [0.1, 0.15) is 41.5 Å². The van der Waals surface area contributed by atoms with E-state index in [1.54, 1.807) is 0 Å². The lowest BCUT2D eigenvalue weighted by Gasteiger charge is -2.08. The fraction of sp³-hybridized carbons (Fsp3) is 0.304. The van der Waals surface area contributed by atoms with Crippen LogP contribution in [0, 0.1) is 13.8 Å². The quantitative estimate of drug-likeness (QED) is 0.599. The number of aryl methyl sites for hydroxylation is 3. The maximum atomic E-state index is 12.3. The van der Waals surface area contributed by atoms with E-state index in [1.807, 2.05) is 50.2 Å². The van der Waals surface area contributed by atoms with E-state index in [4.69, 9.17) is 9.26 Å². The van der Waals surface area contributed by atoms with Crippen molar-refractivity contribution in [1.82, 2.24) is 5.16 Å². The van der Waals surface area contributed by atoms with Crippen molar-refractivity contribution in [3.05, 3.63) is 76.7 Å². The van der Waals surface area contributed by atoms with Gasteiger partial charge in [-0.1, -0.05) is 42.8 Å². The summed E-state index contributed by atoms with van der Waals surface area (Å²) in [4.78, 5) is 12.3. The molecule has 0 saturated heterocycles. The second-order valence-electron chi connectivity index (χ2n) is 6.91. The molecular formula is C23H26N2O3. The number of nitrogens with one attached hydrogen (secondary N) is 1. The highest BCUT2D eigenvalue weighted by Gasteiger charge is 2.10. The maximum Gasteiger partial charge on any atom is 0.228 e. The Labute approximate surface area is 165 Å². The van der Waals surface area contributed by atoms with Gasteiger partial charge in [-0.15, -0.1) is 0 Å². The highest BCUT2D eigenvalue weighted by Crippen LogP contribution is 2.18. The number of hydrogen-bond acceptors (Lipinski definition) is 4. The summed E-state index contributed by atoms with van der Waals surface area (Å²) in [5.41, 5.74) is 4.85. The Morgan fingerprint density at radius 1 is 1.04 bits per heavy atom. The van der Waals surface area contributed by atoms with E-state index >= 15 is 0 Å². The van der Waals surface area contributed by atoms with Crippen molar-refractivity contribution >= 4 is 11.6 Å². The van der Waals surface area contributed by atoms with Crippen LogP contribution in [-0.2, 0) is 24.2 Å². The van der Waals surface area contributed by atoms with Crippen LogP contribution in [0.25, 0.3) is 0 Å². The molecule has 0 fully saturated rings. The number of carbonyl (C=O) groups excluding carboxylic acids is 1. The fourth-order valence-electron chi connectivity index (χ4n) is 3.00. The molecule has 0 aliphatic carbocycles. The minimum atomic E-state index is -0.0346. The predicted molar refractivity (Wildman–Crippen MR) is 110 cm³/mol. The van der Waals surface area contributed by atoms with E-state index in [1.165, 1.54) is 5.56 Å². The highest BCUT2D eigenvalue weighted by molar-refractivity contribution is 5.92. The van der Waals surface area contributed by atoms with Crippen molar-refractivity contribution < 1.29 is 14.1 Å². The number of hydrogen-bond donors (Lipinski definition) is 1. The van der Waals surface area contributed by atoms with Crippen molar-refractivity contribution in [3.63, 3.8) is 0 Å². The van der Waals surface area contributed by atoms with E-state index in [2.05, 4.69) is 29.5 Å². The Kier molecular flexibility index (Phi) is 6.48. The fourth-order valence-corrected chi connectivity index (χ4v) is 3.00. The van der Waals surface area contributed by atoms with Crippen LogP contribution in [0.2, 0.25) is 0 Å². The first-order valence-corrected chi connectivity index (χ1v) is 9.57. The monoisotopic (exact) mass is 378 g/mol. The molecule has 0 unspecified atom stereocenters. The third-order valence-electron chi connectivity index (χ3n) is 4.63. The number of benzene rings is 2. The number of carbonyl (C=O) groups is 1. The summed E-state index contributed by atoms with van der Waals surface area (Å²) in [6.07, 6.45) is 2.49. The zero-order valence-corrected chi connectivity index (χ0v) is 16.6. The molecule has 3 rings (SSSR count). The summed E-state index contributed by atoms with van der Waals surface area (Å²) < 4.78 is 10.9. The number of ether oxygens (including phenoxy) is 1. The molecular weight excluding hydrogens is 352 g/mol. The van der Waals surface area contributed by atoms with Gasteiger partial charge < -0.3 is 14.6 Å². The van der Waals surface area contributed by atoms with Gasteiger partial charge in [0, 0.05) is 5.69 Å². The van der Waals surface area contributed by atoms with Gasteiger partial charge in [0.05, 0.1) is 17.7 Å². The van der Waals surface area contributed by atoms with Crippen molar-refractivity contribution in [2.24, 2.45) is 0 Å². The molecule has 1 heterocycles. The molecule has 2 aromatic carbocycles. The molecule has 0 spiro atoms. The lowest BCUT2D eigenvalue weighted by molar-refractivity contribution is -0.115. The average molecular weight is 378 g/mol. The minimum absolute atomic E-state index is 0.0346. The molecule has 1 aromatic heterocycles. The van der Waals surface area contributed by atoms with Gasteiger partial charge in [0.15, 0.2) is 0 Å². The Morgan fingerprint density at radius 2 is 1.71 bits per heavy atom. The van der Waals surface area contributed by atoms with Gasteiger partial charge in [0.2, 0.25) is 5.91 Å². The van der Waals surface area contributed by atoms with E-state index in [0.717, 1.165) is 46.9 Å². The largest absolute Gasteiger partial charge is 0.489 e. The molecule has 0 aliphatic rings. The molecule has 0 atom stereocenters. The molecule has 146 valence electrons. The van der Waals surface area contributed by atoms with Crippen molar-refractivity contribution in [1.29, 1.82) is 0 Å². The Balaban J connectivity index is 1.51. The zero-order chi connectivity index (χ0) is 19.9. The van der Waals surface area contributed by atoms with Crippen LogP contribution in [0.5, 0.6) is 5.75 Å². The van der Waals surface area contributed by atoms with Gasteiger partial charge in [-0.25, -0.2) is 0 Å². The second-order valence-corrected chi connectivity index (χ2v) is 6.91. The average Bonchev–Trinajstić information content (AvgIpc) is 3.01. The van der Waals surface area contributed by atoms with Gasteiger partial charge in [-0.2, -0.15) is 0 Å². The molecule has 28 heavy (non-hydrogen) atoms. The molecule has 0 radical (unpaired) electrons. The summed E-state index contributed by atoms with van der Waals surface area (Å²) >= 11 is 0. The zero-order valence-electron chi connectivity index (χ0n) is 16.6. The molecule has 0 saturated carbocycles. The van der Waals surface area contributed by atoms with Crippen LogP contribution in [0.15, 0.2) is 53.1 Å². The standard InChI is InChI=1S/C23H26N2O3/c1-4-5-18-6-10-20(11-7-18)24-23(26)14-19-8-12-21(13-9-19)27-15-22-16(2)25-28-17(22)3/h6-13H,4-5,14-15H2,1-3H3,(H,24,26). The van der Waals surface area contributed by atoms with Gasteiger partial charge in [0.25, 0.3) is 0 Å². The van der Waals surface area contributed by atoms with E-state index in [-0.39, 0.29) is 5.91 Å². The summed E-state index contributed by atoms with van der Waals surface area (Å²) in [5, 5.41) is 6.87. The summed E-state index contributed by atoms with van der Waals surface area (Å²) in [7, 11) is 0. The molecule has 5 heteroatoms. The first kappa shape index (κ1) is 19.7. The number of anilines is 1. The lowest BCUT2D eigenvalue weighted by atomic mass is 10.1. The van der Waals surface area contributed by atoms with Crippen LogP contribution in [0.4, 0.5) is 5.69 Å². The van der Waals surface area contributed by atoms with Crippen LogP contribution in [0.3, 0.4) is 0 Å². The number of amides is 1. The van der Waals surface area contributed by atoms with Crippen molar-refractivity contribution in [3.8, 4) is 5.75 Å². The highest BCUT2D eigenvalue weighted by atomic mass is 16.5. The minimum Gasteiger partial charge on any atom is -0.489 e. The molecule has 1 N–H and O–H groups in total. The second kappa shape index (κ2) is 9.22. The van der Waals surface area contributed by atoms with Crippen molar-refractivity contribution in [2.45, 2.75) is 46.6 Å². The smallest absolute Gasteiger partial charge is 0.228 e. The van der Waals surface area contributed by atoms with Crippen LogP contribution < -0.4 is 10.1 Å². The third-order valence-corrected chi connectivity index (χ3v) is 4.63. The Hall–Kier alpha value is -3.08. The van der Waals surface area contributed by atoms with Gasteiger partial charge in [-0.3, -0.25) is 4.79 Å². The molecule has 1 amide bonds. The predicted octanol–water partition coefficient (Wildman–Crippen LogP) is 5.00. The van der Waals surface area contributed by atoms with E-state index in [0.29, 0.717) is 13.0 Å². The van der Waals surface area contributed by atoms with E-state index < -0.39 is 0 Å². The maximum absolute atomic E-state index is 12.3. The SMILES string of the molecule is CCCc1ccc(NC(=O)Cc2ccc(OCc3c(C)noc3C)cc2)cc1. The first-order valence-electron chi connectivity index (χ1n) is 9.57. The van der Waals surface area contributed by atoms with Gasteiger partial charge in [-0.05, 0) is 55.7 Å². The summed E-state index contributed by atoms with van der Waals surface area (Å²) in [6.45, 7) is 6.34. The van der Waals surface area contributed by atoms with Crippen LogP contribution in [-0.4, -0.2) is 11.1 Å². The molecule has 0 aliphatic heterocycles. The molecule has 3 aromatic rings. The van der Waals surface area contributed by atoms with Crippen LogP contribution >= 0.6 is 0 Å². The number of rotatable bonds is 8. The molecule has 5 nitrogen and oxygen atoms in total. The number of aromatic nitrogens is 1. The van der Waals surface area contributed by atoms with Gasteiger partial charge in [0.1, 0.15) is 18.1 Å². The summed E-state index contributed by atoms with van der Waals surface area (Å²) in [5.74, 6) is 1.48. The normalized spacial score (nSPS) is 10.7. The lowest BCUT2D eigenvalue weighted by Crippen LogP contribution is -2.14. The Morgan fingerprint density at radius 3 is 2.32 bits per heavy atom.